The van der Waals surface area contributed by atoms with Gasteiger partial charge in [-0.05, 0) is 61.4 Å². The van der Waals surface area contributed by atoms with Gasteiger partial charge in [0.25, 0.3) is 11.8 Å². The first-order valence-electron chi connectivity index (χ1n) is 10.8. The lowest BCUT2D eigenvalue weighted by molar-refractivity contribution is 0.0652. The summed E-state index contributed by atoms with van der Waals surface area (Å²) in [4.78, 5) is 30.5. The Bertz CT molecular complexity index is 1310. The standard InChI is InChI=1S/C25H20ClN5O2S/c26-18-7-9-19(10-8-18)31-22(17-11-13-27-14-12-17)28-29-25(31)34-16-4-3-15-30-23(32)20-5-1-2-6-21(20)24(30)33/h1-2,5-14H,3-4,15-16H2. The second kappa shape index (κ2) is 9.79. The lowest BCUT2D eigenvalue weighted by Crippen LogP contribution is -2.30. The van der Waals surface area contributed by atoms with E-state index in [-0.39, 0.29) is 11.8 Å². The number of rotatable bonds is 8. The molecule has 0 unspecified atom stereocenters. The lowest BCUT2D eigenvalue weighted by Gasteiger charge is -2.13. The summed E-state index contributed by atoms with van der Waals surface area (Å²) in [5.41, 5.74) is 2.80. The number of halogens is 1. The summed E-state index contributed by atoms with van der Waals surface area (Å²) in [6.45, 7) is 0.402. The maximum Gasteiger partial charge on any atom is 0.261 e. The van der Waals surface area contributed by atoms with Gasteiger partial charge < -0.3 is 0 Å². The van der Waals surface area contributed by atoms with E-state index in [0.717, 1.165) is 34.4 Å². The number of thioether (sulfide) groups is 1. The second-order valence-corrected chi connectivity index (χ2v) is 9.22. The summed E-state index contributed by atoms with van der Waals surface area (Å²) in [7, 11) is 0. The van der Waals surface area contributed by atoms with Crippen molar-refractivity contribution < 1.29 is 9.59 Å². The van der Waals surface area contributed by atoms with Gasteiger partial charge in [-0.1, -0.05) is 35.5 Å². The zero-order chi connectivity index (χ0) is 23.5. The molecule has 4 aromatic rings. The van der Waals surface area contributed by atoms with Crippen LogP contribution in [0.15, 0.2) is 78.2 Å². The highest BCUT2D eigenvalue weighted by Gasteiger charge is 2.34. The van der Waals surface area contributed by atoms with E-state index in [1.54, 1.807) is 48.4 Å². The van der Waals surface area contributed by atoms with Crippen molar-refractivity contribution in [2.75, 3.05) is 12.3 Å². The average molecular weight is 490 g/mol. The molecule has 0 aliphatic carbocycles. The summed E-state index contributed by atoms with van der Waals surface area (Å²) in [6.07, 6.45) is 4.98. The van der Waals surface area contributed by atoms with Gasteiger partial charge in [0, 0.05) is 41.0 Å². The van der Waals surface area contributed by atoms with Crippen LogP contribution in [0, 0.1) is 0 Å². The Morgan fingerprint density at radius 3 is 2.18 bits per heavy atom. The highest BCUT2D eigenvalue weighted by atomic mass is 35.5. The fourth-order valence-electron chi connectivity index (χ4n) is 3.85. The maximum atomic E-state index is 12.5. The molecular weight excluding hydrogens is 470 g/mol. The number of amides is 2. The third-order valence-electron chi connectivity index (χ3n) is 5.54. The number of carbonyl (C=O) groups excluding carboxylic acids is 2. The van der Waals surface area contributed by atoms with E-state index in [1.165, 1.54) is 4.90 Å². The molecule has 0 N–H and O–H groups in total. The Morgan fingerprint density at radius 2 is 1.50 bits per heavy atom. The Labute approximate surface area is 205 Å². The topological polar surface area (TPSA) is 81.0 Å². The molecule has 1 aliphatic rings. The fraction of sp³-hybridized carbons (Fsp3) is 0.160. The highest BCUT2D eigenvalue weighted by Crippen LogP contribution is 2.29. The lowest BCUT2D eigenvalue weighted by atomic mass is 10.1. The van der Waals surface area contributed by atoms with Gasteiger partial charge in [-0.25, -0.2) is 0 Å². The van der Waals surface area contributed by atoms with E-state index in [1.807, 2.05) is 41.0 Å². The van der Waals surface area contributed by atoms with Gasteiger partial charge in [-0.15, -0.1) is 10.2 Å². The summed E-state index contributed by atoms with van der Waals surface area (Å²) >= 11 is 7.67. The Morgan fingerprint density at radius 1 is 0.824 bits per heavy atom. The molecule has 170 valence electrons. The molecule has 0 spiro atoms. The van der Waals surface area contributed by atoms with Crippen molar-refractivity contribution in [3.8, 4) is 17.1 Å². The number of fused-ring (bicyclic) bond motifs is 1. The number of unbranched alkanes of at least 4 members (excludes halogenated alkanes) is 1. The number of pyridine rings is 1. The highest BCUT2D eigenvalue weighted by molar-refractivity contribution is 7.99. The van der Waals surface area contributed by atoms with Crippen LogP contribution in [0.5, 0.6) is 0 Å². The first-order valence-corrected chi connectivity index (χ1v) is 12.2. The molecule has 9 heteroatoms. The third-order valence-corrected chi connectivity index (χ3v) is 6.81. The van der Waals surface area contributed by atoms with Crippen LogP contribution in [0.4, 0.5) is 0 Å². The molecule has 0 saturated heterocycles. The van der Waals surface area contributed by atoms with Crippen LogP contribution >= 0.6 is 23.4 Å². The number of carbonyl (C=O) groups is 2. The third kappa shape index (κ3) is 4.34. The van der Waals surface area contributed by atoms with E-state index in [9.17, 15) is 9.59 Å². The van der Waals surface area contributed by atoms with Crippen molar-refractivity contribution in [2.45, 2.75) is 18.0 Å². The van der Waals surface area contributed by atoms with Gasteiger partial charge in [-0.3, -0.25) is 24.0 Å². The van der Waals surface area contributed by atoms with Crippen molar-refractivity contribution >= 4 is 35.2 Å². The van der Waals surface area contributed by atoms with E-state index >= 15 is 0 Å². The molecule has 0 atom stereocenters. The fourth-order valence-corrected chi connectivity index (χ4v) is 4.93. The predicted octanol–water partition coefficient (Wildman–Crippen LogP) is 5.15. The van der Waals surface area contributed by atoms with Crippen LogP contribution in [0.3, 0.4) is 0 Å². The number of nitrogens with zero attached hydrogens (tertiary/aromatic N) is 5. The summed E-state index contributed by atoms with van der Waals surface area (Å²) in [5, 5.41) is 10.3. The smallest absolute Gasteiger partial charge is 0.261 e. The zero-order valence-electron chi connectivity index (χ0n) is 18.1. The maximum absolute atomic E-state index is 12.5. The first-order chi connectivity index (χ1) is 16.6. The van der Waals surface area contributed by atoms with Gasteiger partial charge in [0.1, 0.15) is 0 Å². The zero-order valence-corrected chi connectivity index (χ0v) is 19.7. The molecule has 0 bridgehead atoms. The first kappa shape index (κ1) is 22.3. The second-order valence-electron chi connectivity index (χ2n) is 7.72. The minimum Gasteiger partial charge on any atom is -0.274 e. The summed E-state index contributed by atoms with van der Waals surface area (Å²) < 4.78 is 2.00. The SMILES string of the molecule is O=C1c2ccccc2C(=O)N1CCCCSc1nnc(-c2ccncc2)n1-c1ccc(Cl)cc1. The van der Waals surface area contributed by atoms with Gasteiger partial charge in [0.05, 0.1) is 11.1 Å². The monoisotopic (exact) mass is 489 g/mol. The van der Waals surface area contributed by atoms with Crippen molar-refractivity contribution in [3.63, 3.8) is 0 Å². The van der Waals surface area contributed by atoms with Crippen molar-refractivity contribution in [3.05, 3.63) is 89.2 Å². The molecule has 2 aromatic carbocycles. The molecule has 5 rings (SSSR count). The average Bonchev–Trinajstić information content (AvgIpc) is 3.40. The van der Waals surface area contributed by atoms with E-state index < -0.39 is 0 Å². The Balaban J connectivity index is 1.26. The van der Waals surface area contributed by atoms with Crippen LogP contribution in [-0.4, -0.2) is 48.8 Å². The number of hydrogen-bond donors (Lipinski definition) is 0. The van der Waals surface area contributed by atoms with E-state index in [2.05, 4.69) is 15.2 Å². The number of aromatic nitrogens is 4. The molecule has 34 heavy (non-hydrogen) atoms. The summed E-state index contributed by atoms with van der Waals surface area (Å²) in [5.74, 6) is 1.07. The number of imide groups is 1. The quantitative estimate of drug-likeness (QED) is 0.193. The van der Waals surface area contributed by atoms with Crippen LogP contribution < -0.4 is 0 Å². The molecule has 0 fully saturated rings. The van der Waals surface area contributed by atoms with Crippen LogP contribution in [-0.2, 0) is 0 Å². The van der Waals surface area contributed by atoms with Crippen molar-refractivity contribution in [1.82, 2.24) is 24.6 Å². The largest absolute Gasteiger partial charge is 0.274 e. The molecule has 0 radical (unpaired) electrons. The number of hydrogen-bond acceptors (Lipinski definition) is 6. The number of benzene rings is 2. The molecule has 1 aliphatic heterocycles. The summed E-state index contributed by atoms with van der Waals surface area (Å²) in [6, 6.07) is 18.3. The molecule has 0 saturated carbocycles. The molecule has 2 amide bonds. The van der Waals surface area contributed by atoms with Gasteiger partial charge in [-0.2, -0.15) is 0 Å². The molecule has 2 aromatic heterocycles. The van der Waals surface area contributed by atoms with Gasteiger partial charge in [0.2, 0.25) is 0 Å². The molecular formula is C25H20ClN5O2S. The Hall–Kier alpha value is -3.49. The van der Waals surface area contributed by atoms with Crippen LogP contribution in [0.2, 0.25) is 5.02 Å². The minimum atomic E-state index is -0.210. The Kier molecular flexibility index (Phi) is 6.42. The van der Waals surface area contributed by atoms with E-state index in [0.29, 0.717) is 29.1 Å². The van der Waals surface area contributed by atoms with Crippen molar-refractivity contribution in [1.29, 1.82) is 0 Å². The minimum absolute atomic E-state index is 0.210. The van der Waals surface area contributed by atoms with Gasteiger partial charge in [0.15, 0.2) is 11.0 Å². The van der Waals surface area contributed by atoms with Gasteiger partial charge >= 0.3 is 0 Å². The molecule has 3 heterocycles. The van der Waals surface area contributed by atoms with Crippen LogP contribution in [0.1, 0.15) is 33.6 Å². The van der Waals surface area contributed by atoms with Crippen molar-refractivity contribution in [2.24, 2.45) is 0 Å². The molecule has 7 nitrogen and oxygen atoms in total. The van der Waals surface area contributed by atoms with E-state index in [4.69, 9.17) is 11.6 Å². The normalized spacial score (nSPS) is 12.9. The van der Waals surface area contributed by atoms with Crippen LogP contribution in [0.25, 0.3) is 17.1 Å². The predicted molar refractivity (Wildman–Crippen MR) is 131 cm³/mol.